The molecule has 0 aliphatic carbocycles. The number of benzene rings is 1. The van der Waals surface area contributed by atoms with E-state index in [1.807, 2.05) is 36.2 Å². The third kappa shape index (κ3) is 5.70. The van der Waals surface area contributed by atoms with Crippen molar-refractivity contribution in [1.82, 2.24) is 14.8 Å². The first-order valence-corrected chi connectivity index (χ1v) is 9.90. The Morgan fingerprint density at radius 1 is 1.07 bits per heavy atom. The molecular formula is C22H30N4O2. The molecule has 1 aliphatic rings. The average molecular weight is 383 g/mol. The highest BCUT2D eigenvalue weighted by Gasteiger charge is 2.18. The van der Waals surface area contributed by atoms with Crippen molar-refractivity contribution in [3.8, 4) is 5.75 Å². The summed E-state index contributed by atoms with van der Waals surface area (Å²) in [7, 11) is 3.58. The Morgan fingerprint density at radius 3 is 2.39 bits per heavy atom. The summed E-state index contributed by atoms with van der Waals surface area (Å²) in [5, 5.41) is 0. The fourth-order valence-corrected chi connectivity index (χ4v) is 3.44. The van der Waals surface area contributed by atoms with E-state index in [4.69, 9.17) is 4.74 Å². The lowest BCUT2D eigenvalue weighted by molar-refractivity contribution is -0.130. The van der Waals surface area contributed by atoms with E-state index in [-0.39, 0.29) is 5.91 Å². The molecule has 1 saturated heterocycles. The SMILES string of the molecule is COc1ccc(N2CCN(CCC(=O)N(C)CCc3ccncc3)CC2)cc1. The largest absolute Gasteiger partial charge is 0.497 e. The number of likely N-dealkylation sites (N-methyl/N-ethyl adjacent to an activating group) is 1. The number of hydrogen-bond donors (Lipinski definition) is 0. The highest BCUT2D eigenvalue weighted by Crippen LogP contribution is 2.20. The van der Waals surface area contributed by atoms with Crippen LogP contribution in [0, 0.1) is 0 Å². The first-order chi connectivity index (χ1) is 13.7. The minimum absolute atomic E-state index is 0.214. The van der Waals surface area contributed by atoms with Gasteiger partial charge < -0.3 is 14.5 Å². The number of piperazine rings is 1. The molecule has 1 amide bonds. The van der Waals surface area contributed by atoms with Crippen LogP contribution in [0.2, 0.25) is 0 Å². The number of amides is 1. The number of anilines is 1. The summed E-state index contributed by atoms with van der Waals surface area (Å²) < 4.78 is 5.22. The Bertz CT molecular complexity index is 728. The van der Waals surface area contributed by atoms with E-state index >= 15 is 0 Å². The fraction of sp³-hybridized carbons (Fsp3) is 0.455. The molecule has 0 atom stereocenters. The molecular weight excluding hydrogens is 352 g/mol. The maximum Gasteiger partial charge on any atom is 0.223 e. The predicted octanol–water partition coefficient (Wildman–Crippen LogP) is 2.30. The van der Waals surface area contributed by atoms with Crippen LogP contribution in [-0.4, -0.2) is 74.1 Å². The van der Waals surface area contributed by atoms with Crippen LogP contribution in [-0.2, 0) is 11.2 Å². The van der Waals surface area contributed by atoms with E-state index in [9.17, 15) is 4.79 Å². The molecule has 6 nitrogen and oxygen atoms in total. The van der Waals surface area contributed by atoms with Crippen molar-refractivity contribution >= 4 is 11.6 Å². The number of ether oxygens (including phenoxy) is 1. The van der Waals surface area contributed by atoms with Gasteiger partial charge in [-0.05, 0) is 48.4 Å². The zero-order valence-corrected chi connectivity index (χ0v) is 16.9. The number of aromatic nitrogens is 1. The van der Waals surface area contributed by atoms with Gasteiger partial charge in [0.05, 0.1) is 7.11 Å². The van der Waals surface area contributed by atoms with Crippen LogP contribution in [0.25, 0.3) is 0 Å². The third-order valence-electron chi connectivity index (χ3n) is 5.36. The van der Waals surface area contributed by atoms with Gasteiger partial charge in [0.15, 0.2) is 0 Å². The second kappa shape index (κ2) is 10.1. The lowest BCUT2D eigenvalue weighted by atomic mass is 10.2. The maximum atomic E-state index is 12.4. The maximum absolute atomic E-state index is 12.4. The summed E-state index contributed by atoms with van der Waals surface area (Å²) in [6.45, 7) is 5.51. The van der Waals surface area contributed by atoms with Crippen molar-refractivity contribution in [2.24, 2.45) is 0 Å². The van der Waals surface area contributed by atoms with E-state index in [0.29, 0.717) is 6.42 Å². The van der Waals surface area contributed by atoms with Gasteiger partial charge in [-0.2, -0.15) is 0 Å². The third-order valence-corrected chi connectivity index (χ3v) is 5.36. The molecule has 0 radical (unpaired) electrons. The monoisotopic (exact) mass is 382 g/mol. The second-order valence-corrected chi connectivity index (χ2v) is 7.20. The Hall–Kier alpha value is -2.60. The second-order valence-electron chi connectivity index (χ2n) is 7.20. The van der Waals surface area contributed by atoms with Gasteiger partial charge in [0.1, 0.15) is 5.75 Å². The van der Waals surface area contributed by atoms with Crippen molar-refractivity contribution in [3.63, 3.8) is 0 Å². The number of methoxy groups -OCH3 is 1. The molecule has 1 fully saturated rings. The zero-order valence-electron chi connectivity index (χ0n) is 16.9. The lowest BCUT2D eigenvalue weighted by Gasteiger charge is -2.36. The summed E-state index contributed by atoms with van der Waals surface area (Å²) in [6, 6.07) is 12.2. The van der Waals surface area contributed by atoms with E-state index in [1.165, 1.54) is 11.3 Å². The molecule has 0 spiro atoms. The van der Waals surface area contributed by atoms with E-state index < -0.39 is 0 Å². The molecule has 28 heavy (non-hydrogen) atoms. The quantitative estimate of drug-likeness (QED) is 0.701. The van der Waals surface area contributed by atoms with Crippen molar-refractivity contribution in [1.29, 1.82) is 0 Å². The summed E-state index contributed by atoms with van der Waals surface area (Å²) in [5.74, 6) is 1.10. The summed E-state index contributed by atoms with van der Waals surface area (Å²) in [6.07, 6.45) is 5.03. The first kappa shape index (κ1) is 20.1. The van der Waals surface area contributed by atoms with E-state index in [2.05, 4.69) is 26.9 Å². The highest BCUT2D eigenvalue weighted by atomic mass is 16.5. The summed E-state index contributed by atoms with van der Waals surface area (Å²) in [5.41, 5.74) is 2.44. The van der Waals surface area contributed by atoms with Crippen molar-refractivity contribution in [3.05, 3.63) is 54.4 Å². The zero-order chi connectivity index (χ0) is 19.8. The fourth-order valence-electron chi connectivity index (χ4n) is 3.44. The Balaban J connectivity index is 1.36. The molecule has 150 valence electrons. The molecule has 0 saturated carbocycles. The van der Waals surface area contributed by atoms with Crippen LogP contribution >= 0.6 is 0 Å². The van der Waals surface area contributed by atoms with E-state index in [0.717, 1.165) is 51.4 Å². The molecule has 1 aromatic heterocycles. The Kier molecular flexibility index (Phi) is 7.25. The molecule has 2 aromatic rings. The van der Waals surface area contributed by atoms with E-state index in [1.54, 1.807) is 19.5 Å². The summed E-state index contributed by atoms with van der Waals surface area (Å²) in [4.78, 5) is 23.1. The van der Waals surface area contributed by atoms with Gasteiger partial charge in [-0.1, -0.05) is 0 Å². The van der Waals surface area contributed by atoms with Crippen molar-refractivity contribution < 1.29 is 9.53 Å². The number of carbonyl (C=O) groups excluding carboxylic acids is 1. The molecule has 0 bridgehead atoms. The topological polar surface area (TPSA) is 48.9 Å². The van der Waals surface area contributed by atoms with Gasteiger partial charge in [0.2, 0.25) is 5.91 Å². The molecule has 3 rings (SSSR count). The summed E-state index contributed by atoms with van der Waals surface area (Å²) >= 11 is 0. The number of nitrogens with zero attached hydrogens (tertiary/aromatic N) is 4. The molecule has 0 N–H and O–H groups in total. The van der Waals surface area contributed by atoms with Crippen LogP contribution in [0.5, 0.6) is 5.75 Å². The molecule has 2 heterocycles. The van der Waals surface area contributed by atoms with Gasteiger partial charge >= 0.3 is 0 Å². The minimum atomic E-state index is 0.214. The molecule has 1 aromatic carbocycles. The highest BCUT2D eigenvalue weighted by molar-refractivity contribution is 5.76. The van der Waals surface area contributed by atoms with Crippen LogP contribution in [0.3, 0.4) is 0 Å². The van der Waals surface area contributed by atoms with Gasteiger partial charge in [-0.15, -0.1) is 0 Å². The van der Waals surface area contributed by atoms with Crippen molar-refractivity contribution in [2.45, 2.75) is 12.8 Å². The molecule has 0 unspecified atom stereocenters. The smallest absolute Gasteiger partial charge is 0.223 e. The standard InChI is InChI=1S/C22H30N4O2/c1-24(13-9-19-7-11-23-12-8-19)22(27)10-14-25-15-17-26(18-16-25)20-3-5-21(28-2)6-4-20/h3-8,11-12H,9-10,13-18H2,1-2H3. The Morgan fingerprint density at radius 2 is 1.75 bits per heavy atom. The number of pyridine rings is 1. The predicted molar refractivity (Wildman–Crippen MR) is 112 cm³/mol. The lowest BCUT2D eigenvalue weighted by Crippen LogP contribution is -2.47. The number of rotatable bonds is 8. The van der Waals surface area contributed by atoms with Crippen LogP contribution in [0.4, 0.5) is 5.69 Å². The van der Waals surface area contributed by atoms with Gasteiger partial charge in [0, 0.05) is 70.8 Å². The molecule has 6 heteroatoms. The minimum Gasteiger partial charge on any atom is -0.497 e. The van der Waals surface area contributed by atoms with Gasteiger partial charge in [-0.25, -0.2) is 0 Å². The first-order valence-electron chi connectivity index (χ1n) is 9.90. The number of carbonyl (C=O) groups is 1. The van der Waals surface area contributed by atoms with Gasteiger partial charge in [0.25, 0.3) is 0 Å². The number of hydrogen-bond acceptors (Lipinski definition) is 5. The molecule has 1 aliphatic heterocycles. The van der Waals surface area contributed by atoms with Crippen LogP contribution < -0.4 is 9.64 Å². The van der Waals surface area contributed by atoms with Gasteiger partial charge in [-0.3, -0.25) is 14.7 Å². The van der Waals surface area contributed by atoms with Crippen molar-refractivity contribution in [2.75, 3.05) is 58.3 Å². The normalized spacial score (nSPS) is 14.7. The average Bonchev–Trinajstić information content (AvgIpc) is 2.77. The van der Waals surface area contributed by atoms with Crippen LogP contribution in [0.15, 0.2) is 48.8 Å². The van der Waals surface area contributed by atoms with Crippen LogP contribution in [0.1, 0.15) is 12.0 Å². The Labute approximate surface area is 167 Å².